The maximum absolute atomic E-state index is 13.3. The summed E-state index contributed by atoms with van der Waals surface area (Å²) in [6, 6.07) is 1.31. The summed E-state index contributed by atoms with van der Waals surface area (Å²) in [6.07, 6.45) is 9.19. The number of aromatic nitrogens is 4. The lowest BCUT2D eigenvalue weighted by molar-refractivity contribution is -0.280. The second-order valence-corrected chi connectivity index (χ2v) is 8.17. The molecular formula is C20H27N6O3-. The van der Waals surface area contributed by atoms with Gasteiger partial charge in [0.05, 0.1) is 0 Å². The van der Waals surface area contributed by atoms with Gasteiger partial charge in [0.1, 0.15) is 0 Å². The molecule has 4 rings (SSSR count). The highest BCUT2D eigenvalue weighted by molar-refractivity contribution is 5.44. The zero-order valence-corrected chi connectivity index (χ0v) is 16.8. The lowest BCUT2D eigenvalue weighted by Crippen LogP contribution is -2.45. The SMILES string of the molecule is Cc1cc(N=Nc2c([O-])n(C3CCCCC3)c(=O)n(C3CCCCC3)c2=O)n[nH]1. The van der Waals surface area contributed by atoms with E-state index in [-0.39, 0.29) is 17.8 Å². The lowest BCUT2D eigenvalue weighted by Gasteiger charge is -2.32. The monoisotopic (exact) mass is 399 g/mol. The van der Waals surface area contributed by atoms with Crippen LogP contribution in [0.5, 0.6) is 5.88 Å². The number of rotatable bonds is 4. The van der Waals surface area contributed by atoms with Crippen LogP contribution in [-0.4, -0.2) is 19.3 Å². The van der Waals surface area contributed by atoms with Crippen LogP contribution in [0.15, 0.2) is 25.9 Å². The quantitative estimate of drug-likeness (QED) is 0.790. The van der Waals surface area contributed by atoms with Crippen LogP contribution in [-0.2, 0) is 0 Å². The number of nitrogens with zero attached hydrogens (tertiary/aromatic N) is 5. The molecule has 0 unspecified atom stereocenters. The Hall–Kier alpha value is -2.71. The smallest absolute Gasteiger partial charge is 0.331 e. The van der Waals surface area contributed by atoms with E-state index < -0.39 is 17.1 Å². The first-order chi connectivity index (χ1) is 14.1. The minimum atomic E-state index is -0.630. The van der Waals surface area contributed by atoms with E-state index in [1.807, 2.05) is 6.92 Å². The molecule has 0 atom stereocenters. The molecule has 1 N–H and O–H groups in total. The van der Waals surface area contributed by atoms with Gasteiger partial charge in [-0.05, 0) is 32.6 Å². The minimum Gasteiger partial charge on any atom is -0.858 e. The van der Waals surface area contributed by atoms with Gasteiger partial charge in [-0.2, -0.15) is 5.10 Å². The van der Waals surface area contributed by atoms with Gasteiger partial charge in [0.25, 0.3) is 5.56 Å². The number of azo groups is 1. The molecule has 0 radical (unpaired) electrons. The van der Waals surface area contributed by atoms with Crippen LogP contribution < -0.4 is 16.4 Å². The van der Waals surface area contributed by atoms with Crippen molar-refractivity contribution in [3.8, 4) is 5.88 Å². The minimum absolute atomic E-state index is 0.180. The maximum Gasteiger partial charge on any atom is 0.331 e. The van der Waals surface area contributed by atoms with E-state index in [0.717, 1.165) is 69.9 Å². The third-order valence-corrected chi connectivity index (χ3v) is 6.08. The second-order valence-electron chi connectivity index (χ2n) is 8.17. The van der Waals surface area contributed by atoms with Crippen LogP contribution >= 0.6 is 0 Å². The average molecular weight is 399 g/mol. The average Bonchev–Trinajstić information content (AvgIpc) is 3.14. The van der Waals surface area contributed by atoms with Gasteiger partial charge in [0.2, 0.25) is 0 Å². The van der Waals surface area contributed by atoms with E-state index in [9.17, 15) is 14.7 Å². The van der Waals surface area contributed by atoms with Crippen molar-refractivity contribution >= 4 is 11.5 Å². The molecule has 0 spiro atoms. The Labute approximate surface area is 168 Å². The molecule has 2 saturated carbocycles. The van der Waals surface area contributed by atoms with Crippen LogP contribution in [0.4, 0.5) is 11.5 Å². The fourth-order valence-corrected chi connectivity index (χ4v) is 4.57. The molecule has 2 heterocycles. The first-order valence-corrected chi connectivity index (χ1v) is 10.6. The largest absolute Gasteiger partial charge is 0.858 e. The van der Waals surface area contributed by atoms with E-state index in [2.05, 4.69) is 20.4 Å². The van der Waals surface area contributed by atoms with E-state index in [1.54, 1.807) is 6.07 Å². The molecule has 9 heteroatoms. The van der Waals surface area contributed by atoms with Crippen molar-refractivity contribution < 1.29 is 5.11 Å². The fourth-order valence-electron chi connectivity index (χ4n) is 4.57. The van der Waals surface area contributed by atoms with Crippen molar-refractivity contribution in [1.29, 1.82) is 0 Å². The van der Waals surface area contributed by atoms with Crippen LogP contribution in [0.1, 0.15) is 82.0 Å². The summed E-state index contributed by atoms with van der Waals surface area (Å²) in [5.74, 6) is -0.337. The Morgan fingerprint density at radius 3 is 2.10 bits per heavy atom. The van der Waals surface area contributed by atoms with Crippen LogP contribution in [0.2, 0.25) is 0 Å². The maximum atomic E-state index is 13.3. The standard InChI is InChI=1S/C20H28N6O3/c1-13-12-16(22-21-13)23-24-17-18(27)25(14-8-4-2-5-9-14)20(29)26(19(17)28)15-10-6-3-7-11-15/h12,14-15,27H,2-11H2,1H3,(H,21,22)/p-1. The summed E-state index contributed by atoms with van der Waals surface area (Å²) in [5, 5.41) is 27.8. The molecule has 2 fully saturated rings. The fraction of sp³-hybridized carbons (Fsp3) is 0.650. The van der Waals surface area contributed by atoms with Crippen LogP contribution in [0.3, 0.4) is 0 Å². The molecule has 2 aromatic heterocycles. The van der Waals surface area contributed by atoms with E-state index in [1.165, 1.54) is 9.13 Å². The van der Waals surface area contributed by atoms with Gasteiger partial charge in [0, 0.05) is 29.7 Å². The highest BCUT2D eigenvalue weighted by Gasteiger charge is 2.26. The Bertz CT molecular complexity index is 1010. The van der Waals surface area contributed by atoms with Crippen molar-refractivity contribution in [3.05, 3.63) is 32.6 Å². The Balaban J connectivity index is 1.85. The topological polar surface area (TPSA) is 120 Å². The Kier molecular flexibility index (Phi) is 5.64. The van der Waals surface area contributed by atoms with Gasteiger partial charge in [-0.3, -0.25) is 14.5 Å². The predicted molar refractivity (Wildman–Crippen MR) is 106 cm³/mol. The summed E-state index contributed by atoms with van der Waals surface area (Å²) in [5.41, 5.74) is -0.599. The summed E-state index contributed by atoms with van der Waals surface area (Å²) < 4.78 is 2.55. The van der Waals surface area contributed by atoms with Gasteiger partial charge in [-0.1, -0.05) is 38.5 Å². The lowest BCUT2D eigenvalue weighted by atomic mass is 9.94. The molecule has 2 aliphatic carbocycles. The zero-order valence-electron chi connectivity index (χ0n) is 16.8. The zero-order chi connectivity index (χ0) is 20.4. The van der Waals surface area contributed by atoms with Crippen molar-refractivity contribution in [2.45, 2.75) is 83.2 Å². The number of hydrogen-bond donors (Lipinski definition) is 1. The molecule has 0 saturated heterocycles. The summed E-state index contributed by atoms with van der Waals surface area (Å²) >= 11 is 0. The third kappa shape index (κ3) is 3.90. The highest BCUT2D eigenvalue weighted by atomic mass is 16.3. The van der Waals surface area contributed by atoms with E-state index >= 15 is 0 Å². The van der Waals surface area contributed by atoms with Crippen molar-refractivity contribution in [3.63, 3.8) is 0 Å². The molecule has 2 aromatic rings. The number of hydrogen-bond acceptors (Lipinski definition) is 6. The molecule has 156 valence electrons. The van der Waals surface area contributed by atoms with Crippen molar-refractivity contribution in [2.75, 3.05) is 0 Å². The van der Waals surface area contributed by atoms with Crippen molar-refractivity contribution in [2.24, 2.45) is 10.2 Å². The van der Waals surface area contributed by atoms with Crippen LogP contribution in [0, 0.1) is 6.92 Å². The molecule has 0 aliphatic heterocycles. The molecule has 2 aliphatic rings. The van der Waals surface area contributed by atoms with Gasteiger partial charge < -0.3 is 9.67 Å². The normalized spacial score (nSPS) is 19.2. The first-order valence-electron chi connectivity index (χ1n) is 10.6. The molecule has 0 aromatic carbocycles. The molecular weight excluding hydrogens is 372 g/mol. The number of nitrogens with one attached hydrogen (secondary N) is 1. The van der Waals surface area contributed by atoms with Gasteiger partial charge in [-0.25, -0.2) is 4.79 Å². The Morgan fingerprint density at radius 1 is 0.966 bits per heavy atom. The van der Waals surface area contributed by atoms with Gasteiger partial charge in [-0.15, -0.1) is 10.2 Å². The molecule has 29 heavy (non-hydrogen) atoms. The molecule has 0 amide bonds. The van der Waals surface area contributed by atoms with E-state index in [4.69, 9.17) is 0 Å². The molecule has 9 nitrogen and oxygen atoms in total. The summed E-state index contributed by atoms with van der Waals surface area (Å²) in [7, 11) is 0. The summed E-state index contributed by atoms with van der Waals surface area (Å²) in [6.45, 7) is 1.82. The predicted octanol–water partition coefficient (Wildman–Crippen LogP) is 3.54. The van der Waals surface area contributed by atoms with Crippen molar-refractivity contribution in [1.82, 2.24) is 19.3 Å². The number of aromatic amines is 1. The first kappa shape index (κ1) is 19.6. The number of H-pyrrole nitrogens is 1. The van der Waals surface area contributed by atoms with E-state index in [0.29, 0.717) is 5.82 Å². The second kappa shape index (κ2) is 8.34. The molecule has 0 bridgehead atoms. The highest BCUT2D eigenvalue weighted by Crippen LogP contribution is 2.33. The number of aryl methyl sites for hydroxylation is 1. The van der Waals surface area contributed by atoms with Gasteiger partial charge >= 0.3 is 5.69 Å². The van der Waals surface area contributed by atoms with Crippen LogP contribution in [0.25, 0.3) is 0 Å². The summed E-state index contributed by atoms with van der Waals surface area (Å²) in [4.78, 5) is 26.4. The van der Waals surface area contributed by atoms with Gasteiger partial charge in [0.15, 0.2) is 11.5 Å². The third-order valence-electron chi connectivity index (χ3n) is 6.08. The Morgan fingerprint density at radius 2 is 1.55 bits per heavy atom.